The van der Waals surface area contributed by atoms with Crippen LogP contribution in [0.3, 0.4) is 0 Å². The van der Waals surface area contributed by atoms with E-state index in [-0.39, 0.29) is 48.3 Å². The van der Waals surface area contributed by atoms with E-state index >= 15 is 8.78 Å². The van der Waals surface area contributed by atoms with Crippen molar-refractivity contribution in [3.05, 3.63) is 72.1 Å². The van der Waals surface area contributed by atoms with Crippen LogP contribution in [0.1, 0.15) is 26.3 Å². The number of rotatable bonds is 10. The molecule has 0 spiro atoms. The monoisotopic (exact) mass is 635 g/mol. The molecule has 1 aliphatic rings. The minimum atomic E-state index is -1.13. The summed E-state index contributed by atoms with van der Waals surface area (Å²) in [6.45, 7) is 6.35. The molecular weight excluding hydrogens is 600 g/mol. The number of phenolic OH excluding ortho intramolecular Hbond substituents is 1. The lowest BCUT2D eigenvalue weighted by molar-refractivity contribution is -0.156. The average Bonchev–Trinajstić information content (AvgIpc) is 3.46. The fourth-order valence-electron chi connectivity index (χ4n) is 5.15. The van der Waals surface area contributed by atoms with E-state index in [0.717, 1.165) is 0 Å². The van der Waals surface area contributed by atoms with Gasteiger partial charge in [-0.1, -0.05) is 12.1 Å². The molecule has 0 bridgehead atoms. The van der Waals surface area contributed by atoms with E-state index in [9.17, 15) is 9.90 Å². The Kier molecular flexibility index (Phi) is 9.10. The van der Waals surface area contributed by atoms with Gasteiger partial charge < -0.3 is 34.5 Å². The van der Waals surface area contributed by atoms with Crippen molar-refractivity contribution in [2.45, 2.75) is 26.3 Å². The number of aromatic hydroxyl groups is 1. The molecule has 0 unspecified atom stereocenters. The van der Waals surface area contributed by atoms with Crippen LogP contribution in [0.2, 0.25) is 0 Å². The quantitative estimate of drug-likeness (QED) is 0.126. The number of nitrogens with one attached hydrogen (secondary N) is 1. The molecule has 0 saturated carbocycles. The predicted octanol–water partition coefficient (Wildman–Crippen LogP) is 4.80. The van der Waals surface area contributed by atoms with E-state index in [2.05, 4.69) is 9.97 Å². The first-order valence-electron chi connectivity index (χ1n) is 14.6. The highest BCUT2D eigenvalue weighted by atomic mass is 19.1. The third-order valence-corrected chi connectivity index (χ3v) is 7.76. The maximum absolute atomic E-state index is 16.2. The molecule has 3 heterocycles. The number of ether oxygens (including phenoxy) is 3. The number of hydrogen-bond acceptors (Lipinski definition) is 10. The molecule has 2 aromatic heterocycles. The van der Waals surface area contributed by atoms with Crippen molar-refractivity contribution in [3.63, 3.8) is 0 Å². The Morgan fingerprint density at radius 3 is 2.39 bits per heavy atom. The number of halogens is 2. The van der Waals surface area contributed by atoms with Gasteiger partial charge in [0, 0.05) is 56.7 Å². The van der Waals surface area contributed by atoms with Crippen LogP contribution in [-0.4, -0.2) is 74.7 Å². The second kappa shape index (κ2) is 13.0. The summed E-state index contributed by atoms with van der Waals surface area (Å²) >= 11 is 0. The van der Waals surface area contributed by atoms with Gasteiger partial charge in [-0.25, -0.2) is 4.98 Å². The Morgan fingerprint density at radius 1 is 1.07 bits per heavy atom. The minimum absolute atomic E-state index is 0.152. The molecule has 2 aromatic carbocycles. The molecular formula is C32H35F2N7O5. The number of phenols is 1. The summed E-state index contributed by atoms with van der Waals surface area (Å²) in [6, 6.07) is 10.6. The summed E-state index contributed by atoms with van der Waals surface area (Å²) in [7, 11) is 1.83. The number of pyridine rings is 1. The summed E-state index contributed by atoms with van der Waals surface area (Å²) in [5.41, 5.74) is 5.08. The molecule has 5 rings (SSSR count). The van der Waals surface area contributed by atoms with Gasteiger partial charge in [0.15, 0.2) is 11.5 Å². The number of amidine groups is 1. The molecule has 1 fully saturated rings. The third-order valence-electron chi connectivity index (χ3n) is 7.76. The molecule has 0 aliphatic carbocycles. The van der Waals surface area contributed by atoms with Crippen molar-refractivity contribution in [1.82, 2.24) is 19.4 Å². The number of imidazole rings is 1. The normalized spacial score (nSPS) is 13.8. The standard InChI is InChI=1S/C32H35F2N7O5/c1-5-44-31(43)32(2,3)41-15-13-40(14-16-41)26-24(33)29(45-21-8-6-7-20(17-21)28-37-11-12-39(28)4)38-30(25(26)34)46-23-18-19(27(35)36)9-10-22(23)42/h6-12,17-18,42H,5,13-16H2,1-4H3,(H3,35,36). The van der Waals surface area contributed by atoms with Crippen LogP contribution < -0.4 is 20.1 Å². The van der Waals surface area contributed by atoms with Gasteiger partial charge in [0.1, 0.15) is 28.6 Å². The SMILES string of the molecule is CCOC(=O)C(C)(C)N1CCN(c2c(F)c(Oc3cccc(-c4nccn4C)c3)nc(Oc3cc(C(=N)N)ccc3O)c2F)CC1. The third kappa shape index (κ3) is 6.42. The molecule has 12 nitrogen and oxygen atoms in total. The fourth-order valence-corrected chi connectivity index (χ4v) is 5.15. The molecule has 4 aromatic rings. The summed E-state index contributed by atoms with van der Waals surface area (Å²) in [6.07, 6.45) is 3.42. The van der Waals surface area contributed by atoms with Crippen LogP contribution >= 0.6 is 0 Å². The second-order valence-corrected chi connectivity index (χ2v) is 11.1. The Hall–Kier alpha value is -5.24. The first-order chi connectivity index (χ1) is 21.9. The topological polar surface area (TPSA) is 152 Å². The Bertz CT molecular complexity index is 1770. The number of carbonyl (C=O) groups is 1. The fraction of sp³-hybridized carbons (Fsp3) is 0.312. The smallest absolute Gasteiger partial charge is 0.325 e. The van der Waals surface area contributed by atoms with Gasteiger partial charge in [0.25, 0.3) is 11.8 Å². The van der Waals surface area contributed by atoms with E-state index in [1.807, 2.05) is 22.6 Å². The van der Waals surface area contributed by atoms with Crippen molar-refractivity contribution < 1.29 is 32.9 Å². The van der Waals surface area contributed by atoms with E-state index in [4.69, 9.17) is 25.4 Å². The van der Waals surface area contributed by atoms with Crippen LogP contribution in [0, 0.1) is 17.0 Å². The number of nitrogens with zero attached hydrogens (tertiary/aromatic N) is 5. The average molecular weight is 636 g/mol. The first-order valence-corrected chi connectivity index (χ1v) is 14.6. The number of anilines is 1. The lowest BCUT2D eigenvalue weighted by atomic mass is 10.0. The highest BCUT2D eigenvalue weighted by Crippen LogP contribution is 2.40. The van der Waals surface area contributed by atoms with Crippen LogP contribution in [-0.2, 0) is 16.6 Å². The minimum Gasteiger partial charge on any atom is -0.504 e. The van der Waals surface area contributed by atoms with E-state index in [1.165, 1.54) is 23.1 Å². The van der Waals surface area contributed by atoms with Gasteiger partial charge in [-0.15, -0.1) is 0 Å². The predicted molar refractivity (Wildman–Crippen MR) is 167 cm³/mol. The zero-order chi connectivity index (χ0) is 33.2. The van der Waals surface area contributed by atoms with Gasteiger partial charge >= 0.3 is 5.97 Å². The summed E-state index contributed by atoms with van der Waals surface area (Å²) in [5.74, 6) is -3.90. The van der Waals surface area contributed by atoms with Gasteiger partial charge in [0.05, 0.1) is 6.61 Å². The van der Waals surface area contributed by atoms with Gasteiger partial charge in [0.2, 0.25) is 11.6 Å². The van der Waals surface area contributed by atoms with Crippen molar-refractivity contribution in [2.24, 2.45) is 12.8 Å². The van der Waals surface area contributed by atoms with Crippen molar-refractivity contribution in [2.75, 3.05) is 37.7 Å². The number of piperazine rings is 1. The first kappa shape index (κ1) is 32.2. The Balaban J connectivity index is 1.52. The molecule has 14 heteroatoms. The number of nitrogens with two attached hydrogens (primary N) is 1. The summed E-state index contributed by atoms with van der Waals surface area (Å²) < 4.78 is 51.0. The highest BCUT2D eigenvalue weighted by molar-refractivity contribution is 5.95. The largest absolute Gasteiger partial charge is 0.504 e. The second-order valence-electron chi connectivity index (χ2n) is 11.1. The molecule has 46 heavy (non-hydrogen) atoms. The number of esters is 1. The number of benzene rings is 2. The lowest BCUT2D eigenvalue weighted by Gasteiger charge is -2.43. The van der Waals surface area contributed by atoms with Crippen LogP contribution in [0.25, 0.3) is 11.4 Å². The molecule has 4 N–H and O–H groups in total. The van der Waals surface area contributed by atoms with Gasteiger partial charge in [-0.3, -0.25) is 15.1 Å². The maximum Gasteiger partial charge on any atom is 0.325 e. The number of hydrogen-bond donors (Lipinski definition) is 3. The van der Waals surface area contributed by atoms with Crippen LogP contribution in [0.15, 0.2) is 54.9 Å². The molecule has 1 aliphatic heterocycles. The number of nitrogen functional groups attached to an aromatic ring is 1. The van der Waals surface area contributed by atoms with E-state index in [1.54, 1.807) is 51.4 Å². The lowest BCUT2D eigenvalue weighted by Crippen LogP contribution is -2.58. The van der Waals surface area contributed by atoms with Gasteiger partial charge in [-0.2, -0.15) is 13.8 Å². The maximum atomic E-state index is 16.2. The highest BCUT2D eigenvalue weighted by Gasteiger charge is 2.39. The zero-order valence-electron chi connectivity index (χ0n) is 25.9. The summed E-state index contributed by atoms with van der Waals surface area (Å²) in [4.78, 5) is 24.3. The molecule has 242 valence electrons. The van der Waals surface area contributed by atoms with Crippen molar-refractivity contribution in [3.8, 4) is 40.4 Å². The van der Waals surface area contributed by atoms with Crippen molar-refractivity contribution >= 4 is 17.5 Å². The van der Waals surface area contributed by atoms with E-state index in [0.29, 0.717) is 24.5 Å². The molecule has 0 atom stereocenters. The molecule has 1 saturated heterocycles. The van der Waals surface area contributed by atoms with Crippen molar-refractivity contribution in [1.29, 1.82) is 5.41 Å². The van der Waals surface area contributed by atoms with Crippen LogP contribution in [0.5, 0.6) is 29.0 Å². The summed E-state index contributed by atoms with van der Waals surface area (Å²) in [5, 5.41) is 18.1. The number of aromatic nitrogens is 3. The zero-order valence-corrected chi connectivity index (χ0v) is 25.9. The van der Waals surface area contributed by atoms with Gasteiger partial charge in [-0.05, 0) is 51.1 Å². The molecule has 0 amide bonds. The number of aryl methyl sites for hydroxylation is 1. The number of carbonyl (C=O) groups excluding carboxylic acids is 1. The Labute approximate surface area is 264 Å². The Morgan fingerprint density at radius 2 is 1.76 bits per heavy atom. The van der Waals surface area contributed by atoms with Crippen LogP contribution in [0.4, 0.5) is 14.5 Å². The molecule has 0 radical (unpaired) electrons. The van der Waals surface area contributed by atoms with E-state index < -0.39 is 40.6 Å².